The monoisotopic (exact) mass is 186 g/mol. The van der Waals surface area contributed by atoms with E-state index in [1.54, 1.807) is 0 Å². The zero-order valence-corrected chi connectivity index (χ0v) is 8.83. The average Bonchev–Trinajstić information content (AvgIpc) is 2.15. The summed E-state index contributed by atoms with van der Waals surface area (Å²) in [5.41, 5.74) is 5.77. The molecule has 3 heteroatoms. The number of hydrogen-bond acceptors (Lipinski definition) is 3. The number of nitrogens with two attached hydrogens (primary N) is 1. The summed E-state index contributed by atoms with van der Waals surface area (Å²) in [4.78, 5) is 2.46. The maximum atomic E-state index is 5.77. The molecule has 0 aromatic rings. The minimum Gasteiger partial charge on any atom is -0.379 e. The highest BCUT2D eigenvalue weighted by molar-refractivity contribution is 4.75. The van der Waals surface area contributed by atoms with Crippen LogP contribution in [0.1, 0.15) is 20.3 Å². The van der Waals surface area contributed by atoms with Gasteiger partial charge in [-0.2, -0.15) is 0 Å². The topological polar surface area (TPSA) is 38.5 Å². The lowest BCUT2D eigenvalue weighted by Crippen LogP contribution is -2.47. The summed E-state index contributed by atoms with van der Waals surface area (Å²) in [6, 6.07) is 0.559. The lowest BCUT2D eigenvalue weighted by molar-refractivity contribution is 0.0142. The number of morpholine rings is 1. The molecule has 3 nitrogen and oxygen atoms in total. The van der Waals surface area contributed by atoms with Crippen LogP contribution >= 0.6 is 0 Å². The standard InChI is InChI=1S/C10H22N2O/c1-9(2)7-10(8-11)12-3-5-13-6-4-12/h9-10H,3-8,11H2,1-2H3/t10-/m0/s1. The third kappa shape index (κ3) is 3.63. The van der Waals surface area contributed by atoms with Gasteiger partial charge in [0.2, 0.25) is 0 Å². The van der Waals surface area contributed by atoms with Gasteiger partial charge in [0.05, 0.1) is 13.2 Å². The molecule has 1 heterocycles. The summed E-state index contributed by atoms with van der Waals surface area (Å²) in [6.45, 7) is 9.12. The molecule has 13 heavy (non-hydrogen) atoms. The summed E-state index contributed by atoms with van der Waals surface area (Å²) >= 11 is 0. The molecule has 1 aliphatic heterocycles. The number of ether oxygens (including phenoxy) is 1. The van der Waals surface area contributed by atoms with Crippen LogP contribution in [0.25, 0.3) is 0 Å². The molecule has 0 spiro atoms. The third-order valence-corrected chi connectivity index (χ3v) is 2.58. The molecule has 0 aliphatic carbocycles. The van der Waals surface area contributed by atoms with E-state index in [4.69, 9.17) is 10.5 Å². The first kappa shape index (κ1) is 11.0. The Morgan fingerprint density at radius 2 is 1.92 bits per heavy atom. The molecule has 0 amide bonds. The molecule has 0 bridgehead atoms. The van der Waals surface area contributed by atoms with Crippen molar-refractivity contribution in [2.24, 2.45) is 11.7 Å². The molecule has 1 atom stereocenters. The number of hydrogen-bond donors (Lipinski definition) is 1. The van der Waals surface area contributed by atoms with Crippen LogP contribution in [0.15, 0.2) is 0 Å². The van der Waals surface area contributed by atoms with Gasteiger partial charge < -0.3 is 10.5 Å². The Hall–Kier alpha value is -0.120. The van der Waals surface area contributed by atoms with Gasteiger partial charge in [0.25, 0.3) is 0 Å². The zero-order valence-electron chi connectivity index (χ0n) is 8.83. The van der Waals surface area contributed by atoms with Crippen molar-refractivity contribution in [2.45, 2.75) is 26.3 Å². The Balaban J connectivity index is 2.34. The van der Waals surface area contributed by atoms with Crippen LogP contribution in [0.3, 0.4) is 0 Å². The molecule has 0 unspecified atom stereocenters. The largest absolute Gasteiger partial charge is 0.379 e. The van der Waals surface area contributed by atoms with Crippen molar-refractivity contribution in [1.29, 1.82) is 0 Å². The fourth-order valence-electron chi connectivity index (χ4n) is 1.88. The van der Waals surface area contributed by atoms with Gasteiger partial charge in [-0.15, -0.1) is 0 Å². The first-order valence-corrected chi connectivity index (χ1v) is 5.26. The van der Waals surface area contributed by atoms with Gasteiger partial charge in [-0.05, 0) is 12.3 Å². The fraction of sp³-hybridized carbons (Fsp3) is 1.00. The SMILES string of the molecule is CC(C)C[C@@H](CN)N1CCOCC1. The Bertz CT molecular complexity index is 133. The molecule has 2 N–H and O–H groups in total. The minimum atomic E-state index is 0.559. The quantitative estimate of drug-likeness (QED) is 0.702. The lowest BCUT2D eigenvalue weighted by Gasteiger charge is -2.34. The molecule has 0 aromatic carbocycles. The Morgan fingerprint density at radius 1 is 1.31 bits per heavy atom. The van der Waals surface area contributed by atoms with E-state index in [-0.39, 0.29) is 0 Å². The molecule has 0 radical (unpaired) electrons. The van der Waals surface area contributed by atoms with Crippen molar-refractivity contribution < 1.29 is 4.74 Å². The van der Waals surface area contributed by atoms with Crippen LogP contribution in [-0.4, -0.2) is 43.8 Å². The van der Waals surface area contributed by atoms with E-state index in [0.717, 1.165) is 38.8 Å². The summed E-state index contributed by atoms with van der Waals surface area (Å²) in [7, 11) is 0. The van der Waals surface area contributed by atoms with Gasteiger partial charge in [0, 0.05) is 25.7 Å². The van der Waals surface area contributed by atoms with E-state index in [9.17, 15) is 0 Å². The maximum Gasteiger partial charge on any atom is 0.0594 e. The van der Waals surface area contributed by atoms with E-state index in [1.807, 2.05) is 0 Å². The van der Waals surface area contributed by atoms with Crippen molar-refractivity contribution in [3.8, 4) is 0 Å². The highest BCUT2D eigenvalue weighted by Crippen LogP contribution is 2.12. The second-order valence-electron chi connectivity index (χ2n) is 4.17. The van der Waals surface area contributed by atoms with Gasteiger partial charge in [0.15, 0.2) is 0 Å². The van der Waals surface area contributed by atoms with Crippen LogP contribution in [0.5, 0.6) is 0 Å². The molecular formula is C10H22N2O. The minimum absolute atomic E-state index is 0.559. The van der Waals surface area contributed by atoms with Crippen LogP contribution in [0.2, 0.25) is 0 Å². The zero-order chi connectivity index (χ0) is 9.68. The highest BCUT2D eigenvalue weighted by atomic mass is 16.5. The molecule has 1 saturated heterocycles. The van der Waals surface area contributed by atoms with E-state index >= 15 is 0 Å². The van der Waals surface area contributed by atoms with Crippen LogP contribution in [0.4, 0.5) is 0 Å². The smallest absolute Gasteiger partial charge is 0.0594 e. The molecule has 1 rings (SSSR count). The van der Waals surface area contributed by atoms with E-state index in [1.165, 1.54) is 6.42 Å². The normalized spacial score (nSPS) is 22.2. The molecule has 78 valence electrons. The van der Waals surface area contributed by atoms with Crippen molar-refractivity contribution in [1.82, 2.24) is 4.90 Å². The Kier molecular flexibility index (Phi) is 4.70. The van der Waals surface area contributed by atoms with Gasteiger partial charge >= 0.3 is 0 Å². The van der Waals surface area contributed by atoms with Crippen LogP contribution < -0.4 is 5.73 Å². The van der Waals surface area contributed by atoms with Crippen molar-refractivity contribution in [2.75, 3.05) is 32.8 Å². The number of nitrogens with zero attached hydrogens (tertiary/aromatic N) is 1. The second kappa shape index (κ2) is 5.58. The van der Waals surface area contributed by atoms with Gasteiger partial charge in [-0.1, -0.05) is 13.8 Å². The first-order valence-electron chi connectivity index (χ1n) is 5.26. The first-order chi connectivity index (χ1) is 6.24. The Morgan fingerprint density at radius 3 is 2.38 bits per heavy atom. The van der Waals surface area contributed by atoms with Crippen LogP contribution in [-0.2, 0) is 4.74 Å². The fourth-order valence-corrected chi connectivity index (χ4v) is 1.88. The third-order valence-electron chi connectivity index (χ3n) is 2.58. The predicted octanol–water partition coefficient (Wildman–Crippen LogP) is 0.692. The van der Waals surface area contributed by atoms with Crippen molar-refractivity contribution in [3.05, 3.63) is 0 Å². The number of rotatable bonds is 4. The molecule has 0 aromatic heterocycles. The molecule has 0 saturated carbocycles. The van der Waals surface area contributed by atoms with Crippen molar-refractivity contribution in [3.63, 3.8) is 0 Å². The predicted molar refractivity (Wildman–Crippen MR) is 54.7 cm³/mol. The van der Waals surface area contributed by atoms with Crippen molar-refractivity contribution >= 4 is 0 Å². The molecular weight excluding hydrogens is 164 g/mol. The summed E-state index contributed by atoms with van der Waals surface area (Å²) in [5.74, 6) is 0.733. The maximum absolute atomic E-state index is 5.77. The Labute approximate surface area is 81.2 Å². The van der Waals surface area contributed by atoms with E-state index in [2.05, 4.69) is 18.7 Å². The molecule has 1 fully saturated rings. The lowest BCUT2D eigenvalue weighted by atomic mass is 10.0. The van der Waals surface area contributed by atoms with Gasteiger partial charge in [-0.3, -0.25) is 4.90 Å². The van der Waals surface area contributed by atoms with Crippen LogP contribution in [0, 0.1) is 5.92 Å². The second-order valence-corrected chi connectivity index (χ2v) is 4.17. The van der Waals surface area contributed by atoms with E-state index < -0.39 is 0 Å². The van der Waals surface area contributed by atoms with Gasteiger partial charge in [0.1, 0.15) is 0 Å². The summed E-state index contributed by atoms with van der Waals surface area (Å²) in [6.07, 6.45) is 1.20. The average molecular weight is 186 g/mol. The highest BCUT2D eigenvalue weighted by Gasteiger charge is 2.20. The van der Waals surface area contributed by atoms with Gasteiger partial charge in [-0.25, -0.2) is 0 Å². The van der Waals surface area contributed by atoms with E-state index in [0.29, 0.717) is 6.04 Å². The summed E-state index contributed by atoms with van der Waals surface area (Å²) in [5, 5.41) is 0. The summed E-state index contributed by atoms with van der Waals surface area (Å²) < 4.78 is 5.32. The molecule has 1 aliphatic rings.